The highest BCUT2D eigenvalue weighted by Gasteiger charge is 2.35. The van der Waals surface area contributed by atoms with E-state index in [2.05, 4.69) is 16.0 Å². The van der Waals surface area contributed by atoms with E-state index in [0.717, 1.165) is 12.1 Å². The monoisotopic (exact) mass is 453 g/mol. The summed E-state index contributed by atoms with van der Waals surface area (Å²) in [5, 5.41) is 8.56. The normalized spacial score (nSPS) is 12.2. The van der Waals surface area contributed by atoms with Gasteiger partial charge in [-0.15, -0.1) is 0 Å². The zero-order valence-electron chi connectivity index (χ0n) is 12.9. The molecule has 0 fully saturated rings. The molecule has 4 nitrogen and oxygen atoms in total. The largest absolute Gasteiger partial charge is 0.339 e. The van der Waals surface area contributed by atoms with Gasteiger partial charge in [-0.2, -0.15) is 0 Å². The highest BCUT2D eigenvalue weighted by Crippen LogP contribution is 2.29. The Morgan fingerprint density at radius 2 is 1.65 bits per heavy atom. The molecule has 1 unspecified atom stereocenters. The van der Waals surface area contributed by atoms with Crippen LogP contribution in [0.1, 0.15) is 10.4 Å². The van der Waals surface area contributed by atoms with Gasteiger partial charge in [-0.25, -0.2) is 4.39 Å². The summed E-state index contributed by atoms with van der Waals surface area (Å²) in [4.78, 5) is 12.3. The molecule has 3 N–H and O–H groups in total. The smallest absolute Gasteiger partial charge is 0.252 e. The molecule has 2 aromatic carbocycles. The average Bonchev–Trinajstić information content (AvgIpc) is 2.56. The fourth-order valence-electron chi connectivity index (χ4n) is 1.87. The molecule has 0 aliphatic carbocycles. The molecule has 138 valence electrons. The maximum absolute atomic E-state index is 13.0. The summed E-state index contributed by atoms with van der Waals surface area (Å²) >= 11 is 29.0. The van der Waals surface area contributed by atoms with Crippen molar-refractivity contribution in [3.63, 3.8) is 0 Å². The molecule has 1 amide bonds. The van der Waals surface area contributed by atoms with Crippen molar-refractivity contribution in [3.8, 4) is 0 Å². The van der Waals surface area contributed by atoms with Gasteiger partial charge in [0.1, 0.15) is 12.0 Å². The van der Waals surface area contributed by atoms with E-state index in [9.17, 15) is 9.18 Å². The molecule has 0 bridgehead atoms. The summed E-state index contributed by atoms with van der Waals surface area (Å²) in [7, 11) is 0. The first kappa shape index (κ1) is 21.0. The van der Waals surface area contributed by atoms with Crippen molar-refractivity contribution in [1.82, 2.24) is 10.6 Å². The number of alkyl halides is 3. The fourth-order valence-corrected chi connectivity index (χ4v) is 2.61. The first-order chi connectivity index (χ1) is 12.2. The van der Waals surface area contributed by atoms with E-state index in [1.54, 1.807) is 24.3 Å². The summed E-state index contributed by atoms with van der Waals surface area (Å²) in [6, 6.07) is 11.8. The Morgan fingerprint density at radius 1 is 1.04 bits per heavy atom. The number of nitrogens with one attached hydrogen (secondary N) is 3. The highest BCUT2D eigenvalue weighted by molar-refractivity contribution is 7.80. The van der Waals surface area contributed by atoms with Crippen molar-refractivity contribution in [2.75, 3.05) is 5.32 Å². The van der Waals surface area contributed by atoms with Gasteiger partial charge in [0, 0.05) is 5.56 Å². The molecule has 10 heteroatoms. The fraction of sp³-hybridized carbons (Fsp3) is 0.125. The molecule has 2 aromatic rings. The zero-order chi connectivity index (χ0) is 19.3. The second-order valence-electron chi connectivity index (χ2n) is 5.03. The van der Waals surface area contributed by atoms with Crippen molar-refractivity contribution in [2.45, 2.75) is 9.96 Å². The van der Waals surface area contributed by atoms with Crippen molar-refractivity contribution in [1.29, 1.82) is 0 Å². The number of halogens is 5. The molecule has 0 spiro atoms. The van der Waals surface area contributed by atoms with E-state index in [0.29, 0.717) is 10.7 Å². The van der Waals surface area contributed by atoms with Crippen LogP contribution in [0.15, 0.2) is 48.5 Å². The van der Waals surface area contributed by atoms with Crippen molar-refractivity contribution < 1.29 is 9.18 Å². The predicted molar refractivity (Wildman–Crippen MR) is 109 cm³/mol. The van der Waals surface area contributed by atoms with Crippen LogP contribution in [0.4, 0.5) is 10.1 Å². The van der Waals surface area contributed by atoms with E-state index < -0.39 is 21.7 Å². The molecule has 0 aromatic heterocycles. The van der Waals surface area contributed by atoms with E-state index in [1.807, 2.05) is 0 Å². The standard InChI is InChI=1S/C16H12Cl4FN3OS/c17-11-3-1-2-4-12(11)22-15(26)24-14(16(18,19)20)23-13(25)9-5-7-10(21)8-6-9/h1-8,14H,(H,23,25)(H2,22,24,26). The molecule has 0 aliphatic rings. The lowest BCUT2D eigenvalue weighted by Crippen LogP contribution is -2.56. The number of amides is 1. The summed E-state index contributed by atoms with van der Waals surface area (Å²) in [6.07, 6.45) is -1.16. The summed E-state index contributed by atoms with van der Waals surface area (Å²) < 4.78 is 11.1. The molecule has 0 aliphatic heterocycles. The van der Waals surface area contributed by atoms with Crippen LogP contribution in [0.3, 0.4) is 0 Å². The molecule has 2 rings (SSSR count). The molecule has 0 saturated heterocycles. The summed E-state index contributed by atoms with van der Waals surface area (Å²) in [6.45, 7) is 0. The Bertz CT molecular complexity index is 799. The summed E-state index contributed by atoms with van der Waals surface area (Å²) in [5.41, 5.74) is 0.733. The quantitative estimate of drug-likeness (QED) is 0.349. The number of benzene rings is 2. The first-order valence-electron chi connectivity index (χ1n) is 7.12. The number of carbonyl (C=O) groups excluding carboxylic acids is 1. The third-order valence-electron chi connectivity index (χ3n) is 3.11. The van der Waals surface area contributed by atoms with Crippen molar-refractivity contribution >= 4 is 75.3 Å². The van der Waals surface area contributed by atoms with Gasteiger partial charge in [0.25, 0.3) is 5.91 Å². The second kappa shape index (κ2) is 9.06. The van der Waals surface area contributed by atoms with E-state index in [-0.39, 0.29) is 10.7 Å². The lowest BCUT2D eigenvalue weighted by atomic mass is 10.2. The van der Waals surface area contributed by atoms with E-state index in [1.165, 1.54) is 12.1 Å². The third kappa shape index (κ3) is 6.14. The van der Waals surface area contributed by atoms with E-state index >= 15 is 0 Å². The van der Waals surface area contributed by atoms with Crippen LogP contribution in [-0.4, -0.2) is 21.0 Å². The summed E-state index contributed by atoms with van der Waals surface area (Å²) in [5.74, 6) is -1.04. The van der Waals surface area contributed by atoms with E-state index in [4.69, 9.17) is 58.6 Å². The maximum atomic E-state index is 13.0. The van der Waals surface area contributed by atoms with Gasteiger partial charge in [0.15, 0.2) is 5.11 Å². The number of anilines is 1. The van der Waals surface area contributed by atoms with Crippen LogP contribution in [0.2, 0.25) is 5.02 Å². The van der Waals surface area contributed by atoms with Crippen molar-refractivity contribution in [3.05, 3.63) is 64.9 Å². The number of hydrogen-bond acceptors (Lipinski definition) is 2. The molecule has 0 heterocycles. The van der Waals surface area contributed by atoms with Gasteiger partial charge in [-0.3, -0.25) is 4.79 Å². The van der Waals surface area contributed by atoms with Gasteiger partial charge < -0.3 is 16.0 Å². The third-order valence-corrected chi connectivity index (χ3v) is 4.31. The molecule has 0 saturated carbocycles. The second-order valence-corrected chi connectivity index (χ2v) is 8.22. The minimum Gasteiger partial charge on any atom is -0.339 e. The Labute approximate surface area is 174 Å². The Morgan fingerprint density at radius 3 is 2.23 bits per heavy atom. The highest BCUT2D eigenvalue weighted by atomic mass is 35.6. The Hall–Kier alpha value is -1.31. The molecule has 0 radical (unpaired) electrons. The lowest BCUT2D eigenvalue weighted by molar-refractivity contribution is 0.0934. The SMILES string of the molecule is O=C(NC(NC(=S)Nc1ccccc1Cl)C(Cl)(Cl)Cl)c1ccc(F)cc1. The average molecular weight is 455 g/mol. The first-order valence-corrected chi connectivity index (χ1v) is 9.04. The lowest BCUT2D eigenvalue weighted by Gasteiger charge is -2.28. The predicted octanol–water partition coefficient (Wildman–Crippen LogP) is 4.89. The Balaban J connectivity index is 2.07. The number of carbonyl (C=O) groups is 1. The molecule has 1 atom stereocenters. The topological polar surface area (TPSA) is 53.2 Å². The van der Waals surface area contributed by atoms with Gasteiger partial charge in [0.05, 0.1) is 10.7 Å². The van der Waals surface area contributed by atoms with Gasteiger partial charge in [-0.1, -0.05) is 58.5 Å². The molecular formula is C16H12Cl4FN3OS. The number of rotatable bonds is 4. The van der Waals surface area contributed by atoms with Crippen LogP contribution in [0.5, 0.6) is 0 Å². The molecule has 26 heavy (non-hydrogen) atoms. The van der Waals surface area contributed by atoms with Crippen LogP contribution < -0.4 is 16.0 Å². The van der Waals surface area contributed by atoms with Crippen LogP contribution >= 0.6 is 58.6 Å². The minimum absolute atomic E-state index is 0.0776. The number of thiocarbonyl (C=S) groups is 1. The van der Waals surface area contributed by atoms with Gasteiger partial charge >= 0.3 is 0 Å². The Kier molecular flexibility index (Phi) is 7.32. The van der Waals surface area contributed by atoms with Crippen LogP contribution in [-0.2, 0) is 0 Å². The van der Waals surface area contributed by atoms with Crippen LogP contribution in [0.25, 0.3) is 0 Å². The number of para-hydroxylation sites is 1. The number of hydrogen-bond donors (Lipinski definition) is 3. The zero-order valence-corrected chi connectivity index (χ0v) is 16.7. The van der Waals surface area contributed by atoms with Gasteiger partial charge in [0.2, 0.25) is 3.79 Å². The molecular weight excluding hydrogens is 443 g/mol. The van der Waals surface area contributed by atoms with Gasteiger partial charge in [-0.05, 0) is 48.6 Å². The minimum atomic E-state index is -1.91. The van der Waals surface area contributed by atoms with Crippen LogP contribution in [0, 0.1) is 5.82 Å². The van der Waals surface area contributed by atoms with Crippen molar-refractivity contribution in [2.24, 2.45) is 0 Å². The maximum Gasteiger partial charge on any atom is 0.252 e.